The van der Waals surface area contributed by atoms with E-state index in [2.05, 4.69) is 19.8 Å². The second-order valence-corrected chi connectivity index (χ2v) is 7.41. The van der Waals surface area contributed by atoms with Crippen molar-refractivity contribution in [3.63, 3.8) is 0 Å². The molecular weight excluding hydrogens is 330 g/mol. The minimum atomic E-state index is -0.0312. The van der Waals surface area contributed by atoms with Crippen LogP contribution in [0.1, 0.15) is 31.4 Å². The Morgan fingerprint density at radius 2 is 1.54 bits per heavy atom. The lowest BCUT2D eigenvalue weighted by Crippen LogP contribution is -2.49. The second-order valence-electron chi connectivity index (χ2n) is 7.41. The van der Waals surface area contributed by atoms with Gasteiger partial charge in [-0.05, 0) is 25.8 Å². The molecule has 26 heavy (non-hydrogen) atoms. The summed E-state index contributed by atoms with van der Waals surface area (Å²) in [6.07, 6.45) is 4.10. The molecule has 0 aromatic carbocycles. The molecular formula is C19H31N5O2. The Morgan fingerprint density at radius 3 is 2.27 bits per heavy atom. The van der Waals surface area contributed by atoms with Crippen LogP contribution in [0, 0.1) is 6.92 Å². The third kappa shape index (κ3) is 5.38. The molecule has 0 unspecified atom stereocenters. The Balaban J connectivity index is 1.38. The van der Waals surface area contributed by atoms with E-state index in [0.717, 1.165) is 77.3 Å². The van der Waals surface area contributed by atoms with E-state index in [1.54, 1.807) is 16.8 Å². The SMILES string of the molecule is Cc1ccc(=O)n(CCN2CCN(CCN3CCCCCC3=O)CC2)n1. The van der Waals surface area contributed by atoms with Gasteiger partial charge in [-0.3, -0.25) is 19.4 Å². The van der Waals surface area contributed by atoms with Gasteiger partial charge < -0.3 is 4.90 Å². The third-order valence-corrected chi connectivity index (χ3v) is 5.45. The molecule has 0 atom stereocenters. The predicted molar refractivity (Wildman–Crippen MR) is 101 cm³/mol. The van der Waals surface area contributed by atoms with Gasteiger partial charge in [0.25, 0.3) is 5.56 Å². The molecule has 2 aliphatic rings. The van der Waals surface area contributed by atoms with Crippen molar-refractivity contribution in [3.05, 3.63) is 28.2 Å². The molecule has 1 aromatic heterocycles. The molecule has 0 aliphatic carbocycles. The van der Waals surface area contributed by atoms with E-state index in [1.807, 2.05) is 6.92 Å². The first-order valence-electron chi connectivity index (χ1n) is 9.89. The van der Waals surface area contributed by atoms with Crippen LogP contribution in [0.25, 0.3) is 0 Å². The molecule has 1 amide bonds. The Bertz CT molecular complexity index is 652. The summed E-state index contributed by atoms with van der Waals surface area (Å²) < 4.78 is 1.56. The normalized spacial score (nSPS) is 20.3. The molecule has 3 rings (SSSR count). The molecule has 7 heteroatoms. The first kappa shape index (κ1) is 19.0. The lowest BCUT2D eigenvalue weighted by Gasteiger charge is -2.35. The number of likely N-dealkylation sites (tertiary alicyclic amines) is 1. The lowest BCUT2D eigenvalue weighted by atomic mass is 10.2. The molecule has 144 valence electrons. The molecule has 7 nitrogen and oxygen atoms in total. The summed E-state index contributed by atoms with van der Waals surface area (Å²) in [4.78, 5) is 30.8. The quantitative estimate of drug-likeness (QED) is 0.741. The zero-order chi connectivity index (χ0) is 18.4. The minimum absolute atomic E-state index is 0.0312. The minimum Gasteiger partial charge on any atom is -0.341 e. The number of aromatic nitrogens is 2. The van der Waals surface area contributed by atoms with E-state index in [9.17, 15) is 9.59 Å². The van der Waals surface area contributed by atoms with Crippen LogP contribution in [0.2, 0.25) is 0 Å². The predicted octanol–water partition coefficient (Wildman–Crippen LogP) is 0.572. The highest BCUT2D eigenvalue weighted by molar-refractivity contribution is 5.76. The topological polar surface area (TPSA) is 61.7 Å². The molecule has 2 aliphatic heterocycles. The number of carbonyl (C=O) groups is 1. The number of hydrogen-bond donors (Lipinski definition) is 0. The molecule has 2 saturated heterocycles. The summed E-state index contributed by atoms with van der Waals surface area (Å²) in [5, 5.41) is 4.30. The van der Waals surface area contributed by atoms with Crippen LogP contribution >= 0.6 is 0 Å². The van der Waals surface area contributed by atoms with Gasteiger partial charge in [-0.15, -0.1) is 0 Å². The highest BCUT2D eigenvalue weighted by atomic mass is 16.2. The highest BCUT2D eigenvalue weighted by Gasteiger charge is 2.20. The number of hydrogen-bond acceptors (Lipinski definition) is 5. The average Bonchev–Trinajstić information content (AvgIpc) is 2.86. The smallest absolute Gasteiger partial charge is 0.266 e. The number of aryl methyl sites for hydroxylation is 1. The molecule has 3 heterocycles. The van der Waals surface area contributed by atoms with Crippen molar-refractivity contribution in [1.29, 1.82) is 0 Å². The van der Waals surface area contributed by atoms with Crippen LogP contribution in [0.15, 0.2) is 16.9 Å². The molecule has 0 spiro atoms. The van der Waals surface area contributed by atoms with Crippen LogP contribution in [-0.2, 0) is 11.3 Å². The van der Waals surface area contributed by atoms with E-state index in [1.165, 1.54) is 6.42 Å². The second kappa shape index (κ2) is 9.28. The number of piperazine rings is 1. The highest BCUT2D eigenvalue weighted by Crippen LogP contribution is 2.11. The van der Waals surface area contributed by atoms with E-state index < -0.39 is 0 Å². The van der Waals surface area contributed by atoms with Crippen LogP contribution in [-0.4, -0.2) is 82.7 Å². The van der Waals surface area contributed by atoms with Crippen molar-refractivity contribution in [3.8, 4) is 0 Å². The molecule has 2 fully saturated rings. The van der Waals surface area contributed by atoms with Crippen LogP contribution in [0.4, 0.5) is 0 Å². The molecule has 0 radical (unpaired) electrons. The molecule has 1 aromatic rings. The number of amides is 1. The van der Waals surface area contributed by atoms with Crippen molar-refractivity contribution in [2.75, 3.05) is 52.4 Å². The largest absolute Gasteiger partial charge is 0.341 e. The van der Waals surface area contributed by atoms with E-state index in [4.69, 9.17) is 0 Å². The standard InChI is InChI=1S/C19H31N5O2/c1-17-6-7-19(26)24(20-17)16-14-22-11-9-21(10-12-22)13-15-23-8-4-2-3-5-18(23)25/h6-7H,2-5,8-16H2,1H3. The van der Waals surface area contributed by atoms with Gasteiger partial charge >= 0.3 is 0 Å². The molecule has 0 N–H and O–H groups in total. The maximum Gasteiger partial charge on any atom is 0.266 e. The number of carbonyl (C=O) groups excluding carboxylic acids is 1. The van der Waals surface area contributed by atoms with Crippen molar-refractivity contribution < 1.29 is 4.79 Å². The zero-order valence-electron chi connectivity index (χ0n) is 15.9. The molecule has 0 bridgehead atoms. The van der Waals surface area contributed by atoms with Gasteiger partial charge in [0.05, 0.1) is 12.2 Å². The van der Waals surface area contributed by atoms with Crippen molar-refractivity contribution in [2.45, 2.75) is 39.2 Å². The van der Waals surface area contributed by atoms with Gasteiger partial charge in [0, 0.05) is 64.8 Å². The van der Waals surface area contributed by atoms with Crippen LogP contribution < -0.4 is 5.56 Å². The Kier molecular flexibility index (Phi) is 6.80. The maximum atomic E-state index is 12.1. The Morgan fingerprint density at radius 1 is 0.846 bits per heavy atom. The van der Waals surface area contributed by atoms with E-state index in [0.29, 0.717) is 12.5 Å². The molecule has 0 saturated carbocycles. The summed E-state index contributed by atoms with van der Waals surface area (Å²) in [7, 11) is 0. The summed E-state index contributed by atoms with van der Waals surface area (Å²) in [6.45, 7) is 10.2. The fourth-order valence-corrected chi connectivity index (χ4v) is 3.72. The Labute approximate surface area is 155 Å². The number of rotatable bonds is 6. The average molecular weight is 361 g/mol. The number of nitrogens with zero attached hydrogens (tertiary/aromatic N) is 5. The van der Waals surface area contributed by atoms with Gasteiger partial charge in [-0.25, -0.2) is 4.68 Å². The van der Waals surface area contributed by atoms with Crippen molar-refractivity contribution in [1.82, 2.24) is 24.5 Å². The van der Waals surface area contributed by atoms with Gasteiger partial charge in [0.1, 0.15) is 0 Å². The van der Waals surface area contributed by atoms with E-state index >= 15 is 0 Å². The maximum absolute atomic E-state index is 12.1. The van der Waals surface area contributed by atoms with Gasteiger partial charge in [-0.1, -0.05) is 6.42 Å². The Hall–Kier alpha value is -1.73. The fourth-order valence-electron chi connectivity index (χ4n) is 3.72. The van der Waals surface area contributed by atoms with Crippen LogP contribution in [0.5, 0.6) is 0 Å². The zero-order valence-corrected chi connectivity index (χ0v) is 15.9. The van der Waals surface area contributed by atoms with Gasteiger partial charge in [0.15, 0.2) is 0 Å². The van der Waals surface area contributed by atoms with Crippen molar-refractivity contribution in [2.24, 2.45) is 0 Å². The lowest BCUT2D eigenvalue weighted by molar-refractivity contribution is -0.130. The summed E-state index contributed by atoms with van der Waals surface area (Å²) in [5.74, 6) is 0.331. The summed E-state index contributed by atoms with van der Waals surface area (Å²) in [6, 6.07) is 3.34. The van der Waals surface area contributed by atoms with Crippen LogP contribution in [0.3, 0.4) is 0 Å². The summed E-state index contributed by atoms with van der Waals surface area (Å²) in [5.41, 5.74) is 0.842. The monoisotopic (exact) mass is 361 g/mol. The first-order chi connectivity index (χ1) is 12.6. The van der Waals surface area contributed by atoms with E-state index in [-0.39, 0.29) is 5.56 Å². The van der Waals surface area contributed by atoms with Gasteiger partial charge in [0.2, 0.25) is 5.91 Å². The third-order valence-electron chi connectivity index (χ3n) is 5.45. The van der Waals surface area contributed by atoms with Gasteiger partial charge in [-0.2, -0.15) is 5.10 Å². The van der Waals surface area contributed by atoms with Crippen molar-refractivity contribution >= 4 is 5.91 Å². The first-order valence-corrected chi connectivity index (χ1v) is 9.89. The summed E-state index contributed by atoms with van der Waals surface area (Å²) >= 11 is 0. The fraction of sp³-hybridized carbons (Fsp3) is 0.737.